The molecule has 218 valence electrons. The predicted molar refractivity (Wildman–Crippen MR) is 193 cm³/mol. The molecule has 1 aromatic heterocycles. The molecule has 0 radical (unpaired) electrons. The normalized spacial score (nSPS) is 13.9. The number of para-hydroxylation sites is 1. The molecule has 0 unspecified atom stereocenters. The lowest BCUT2D eigenvalue weighted by Gasteiger charge is -2.39. The van der Waals surface area contributed by atoms with Gasteiger partial charge in [0.05, 0.1) is 27.5 Å². The van der Waals surface area contributed by atoms with Gasteiger partial charge in [0.25, 0.3) is 0 Å². The van der Waals surface area contributed by atoms with E-state index in [1.807, 2.05) is 0 Å². The molecule has 0 amide bonds. The van der Waals surface area contributed by atoms with E-state index in [1.165, 1.54) is 71.5 Å². The highest BCUT2D eigenvalue weighted by Crippen LogP contribution is 2.63. The number of aromatic nitrogens is 1. The van der Waals surface area contributed by atoms with Gasteiger partial charge in [-0.05, 0) is 51.2 Å². The molecule has 1 aliphatic heterocycles. The minimum absolute atomic E-state index is 0.504. The van der Waals surface area contributed by atoms with Gasteiger partial charge in [-0.2, -0.15) is 0 Å². The number of ether oxygens (including phenoxy) is 1. The Hall–Kier alpha value is -6.12. The Morgan fingerprint density at radius 2 is 1.04 bits per heavy atom. The number of hydrogen-bond donors (Lipinski definition) is 0. The van der Waals surface area contributed by atoms with Crippen LogP contribution in [0.4, 0.5) is 0 Å². The van der Waals surface area contributed by atoms with Gasteiger partial charge in [0, 0.05) is 27.3 Å². The lowest BCUT2D eigenvalue weighted by molar-refractivity contribution is 0.442. The molecule has 2 nitrogen and oxygen atoms in total. The van der Waals surface area contributed by atoms with Crippen molar-refractivity contribution < 1.29 is 4.74 Å². The molecule has 2 heteroatoms. The molecule has 0 fully saturated rings. The van der Waals surface area contributed by atoms with Crippen LogP contribution in [0.15, 0.2) is 164 Å². The van der Waals surface area contributed by atoms with Crippen molar-refractivity contribution >= 4 is 43.4 Å². The van der Waals surface area contributed by atoms with E-state index in [4.69, 9.17) is 4.74 Å². The highest BCUT2D eigenvalue weighted by Gasteiger charge is 2.51. The molecule has 0 saturated heterocycles. The molecular weight excluding hydrogens is 571 g/mol. The van der Waals surface area contributed by atoms with E-state index in [1.54, 1.807) is 0 Å². The molecule has 47 heavy (non-hydrogen) atoms. The number of fused-ring (bicyclic) bond motifs is 16. The highest BCUT2D eigenvalue weighted by atomic mass is 16.5. The standard InChI is InChI=1S/C45H27NO/c1-3-15-30-28(12-1)14-11-22-39(30)46-40-27-26-38-44(42(40)34-25-24-29-13-2-4-16-31(29)43(34)46)47-41-23-10-9-21-37(41)45(38)35-19-7-5-17-32(35)33-18-6-8-20-36(33)45/h1-27H. The summed E-state index contributed by atoms with van der Waals surface area (Å²) in [6.07, 6.45) is 0. The summed E-state index contributed by atoms with van der Waals surface area (Å²) in [5.74, 6) is 1.85. The van der Waals surface area contributed by atoms with Gasteiger partial charge in [-0.15, -0.1) is 0 Å². The van der Waals surface area contributed by atoms with Gasteiger partial charge in [-0.3, -0.25) is 0 Å². The Kier molecular flexibility index (Phi) is 4.80. The Balaban J connectivity index is 1.36. The lowest BCUT2D eigenvalue weighted by Crippen LogP contribution is -2.32. The van der Waals surface area contributed by atoms with Crippen molar-refractivity contribution in [2.75, 3.05) is 0 Å². The molecule has 0 atom stereocenters. The Bertz CT molecular complexity index is 2730. The van der Waals surface area contributed by atoms with Crippen molar-refractivity contribution in [2.45, 2.75) is 5.41 Å². The maximum atomic E-state index is 7.15. The molecule has 1 aliphatic carbocycles. The maximum Gasteiger partial charge on any atom is 0.142 e. The second kappa shape index (κ2) is 8.99. The second-order valence-electron chi connectivity index (χ2n) is 12.8. The molecular formula is C45H27NO. The summed E-state index contributed by atoms with van der Waals surface area (Å²) in [5.41, 5.74) is 10.6. The summed E-state index contributed by atoms with van der Waals surface area (Å²) in [4.78, 5) is 0. The van der Waals surface area contributed by atoms with Crippen LogP contribution in [0.1, 0.15) is 22.3 Å². The summed E-state index contributed by atoms with van der Waals surface area (Å²) < 4.78 is 9.63. The van der Waals surface area contributed by atoms with Gasteiger partial charge >= 0.3 is 0 Å². The van der Waals surface area contributed by atoms with Crippen molar-refractivity contribution in [1.29, 1.82) is 0 Å². The van der Waals surface area contributed by atoms with Crippen LogP contribution in [0.5, 0.6) is 11.5 Å². The number of nitrogens with zero attached hydrogens (tertiary/aromatic N) is 1. The summed E-state index contributed by atoms with van der Waals surface area (Å²) in [7, 11) is 0. The Labute approximate surface area is 271 Å². The van der Waals surface area contributed by atoms with E-state index in [-0.39, 0.29) is 0 Å². The SMILES string of the molecule is c1ccc2c(c1)Oc1c(ccc3c1c1ccc4ccccc4c1n3-c1cccc3ccccc13)C21c2ccccc2-c2ccccc21. The minimum Gasteiger partial charge on any atom is -0.456 e. The maximum absolute atomic E-state index is 7.15. The van der Waals surface area contributed by atoms with Crippen LogP contribution in [-0.4, -0.2) is 4.57 Å². The third kappa shape index (κ3) is 3.05. The number of rotatable bonds is 1. The van der Waals surface area contributed by atoms with Crippen LogP contribution >= 0.6 is 0 Å². The smallest absolute Gasteiger partial charge is 0.142 e. The van der Waals surface area contributed by atoms with Crippen molar-refractivity contribution in [2.24, 2.45) is 0 Å². The van der Waals surface area contributed by atoms with Crippen LogP contribution < -0.4 is 4.74 Å². The first kappa shape index (κ1) is 25.1. The van der Waals surface area contributed by atoms with Crippen LogP contribution in [-0.2, 0) is 5.41 Å². The molecule has 8 aromatic carbocycles. The Morgan fingerprint density at radius 3 is 1.83 bits per heavy atom. The van der Waals surface area contributed by atoms with E-state index >= 15 is 0 Å². The molecule has 2 heterocycles. The molecule has 0 bridgehead atoms. The zero-order valence-electron chi connectivity index (χ0n) is 25.4. The zero-order chi connectivity index (χ0) is 30.7. The van der Waals surface area contributed by atoms with Gasteiger partial charge in [-0.1, -0.05) is 146 Å². The molecule has 1 spiro atoms. The number of hydrogen-bond acceptors (Lipinski definition) is 1. The van der Waals surface area contributed by atoms with Gasteiger partial charge in [0.2, 0.25) is 0 Å². The molecule has 11 rings (SSSR count). The average Bonchev–Trinajstić information content (AvgIpc) is 3.63. The van der Waals surface area contributed by atoms with Gasteiger partial charge in [0.1, 0.15) is 11.5 Å². The third-order valence-corrected chi connectivity index (χ3v) is 10.6. The van der Waals surface area contributed by atoms with Gasteiger partial charge in [-0.25, -0.2) is 0 Å². The van der Waals surface area contributed by atoms with Crippen LogP contribution in [0.3, 0.4) is 0 Å². The molecule has 0 N–H and O–H groups in total. The summed E-state index contributed by atoms with van der Waals surface area (Å²) >= 11 is 0. The summed E-state index contributed by atoms with van der Waals surface area (Å²) in [6.45, 7) is 0. The van der Waals surface area contributed by atoms with Crippen LogP contribution in [0.25, 0.3) is 60.2 Å². The van der Waals surface area contributed by atoms with Crippen LogP contribution in [0.2, 0.25) is 0 Å². The highest BCUT2D eigenvalue weighted by molar-refractivity contribution is 6.21. The summed E-state index contributed by atoms with van der Waals surface area (Å²) in [6, 6.07) is 59.8. The average molecular weight is 598 g/mol. The van der Waals surface area contributed by atoms with Crippen molar-refractivity contribution in [1.82, 2.24) is 4.57 Å². The predicted octanol–water partition coefficient (Wildman–Crippen LogP) is 11.6. The second-order valence-corrected chi connectivity index (χ2v) is 12.8. The fourth-order valence-electron chi connectivity index (χ4n) is 8.83. The molecule has 9 aromatic rings. The third-order valence-electron chi connectivity index (χ3n) is 10.6. The first-order valence-electron chi connectivity index (χ1n) is 16.3. The molecule has 2 aliphatic rings. The largest absolute Gasteiger partial charge is 0.456 e. The van der Waals surface area contributed by atoms with E-state index in [0.29, 0.717) is 0 Å². The zero-order valence-corrected chi connectivity index (χ0v) is 25.4. The van der Waals surface area contributed by atoms with Crippen molar-refractivity contribution in [3.8, 4) is 28.3 Å². The number of benzene rings is 8. The monoisotopic (exact) mass is 597 g/mol. The van der Waals surface area contributed by atoms with Gasteiger partial charge < -0.3 is 9.30 Å². The first-order chi connectivity index (χ1) is 23.3. The quantitative estimate of drug-likeness (QED) is 0.184. The van der Waals surface area contributed by atoms with E-state index in [2.05, 4.69) is 168 Å². The van der Waals surface area contributed by atoms with Crippen molar-refractivity contribution in [3.63, 3.8) is 0 Å². The minimum atomic E-state index is -0.504. The van der Waals surface area contributed by atoms with E-state index < -0.39 is 5.41 Å². The topological polar surface area (TPSA) is 14.2 Å². The van der Waals surface area contributed by atoms with Gasteiger partial charge in [0.15, 0.2) is 0 Å². The van der Waals surface area contributed by atoms with Crippen LogP contribution in [0, 0.1) is 0 Å². The van der Waals surface area contributed by atoms with Crippen molar-refractivity contribution in [3.05, 3.63) is 186 Å². The van der Waals surface area contributed by atoms with E-state index in [0.717, 1.165) is 22.4 Å². The fourth-order valence-corrected chi connectivity index (χ4v) is 8.83. The van der Waals surface area contributed by atoms with E-state index in [9.17, 15) is 0 Å². The molecule has 0 saturated carbocycles. The first-order valence-corrected chi connectivity index (χ1v) is 16.3. The lowest BCUT2D eigenvalue weighted by atomic mass is 9.66. The summed E-state index contributed by atoms with van der Waals surface area (Å²) in [5, 5.41) is 7.23. The fraction of sp³-hybridized carbons (Fsp3) is 0.0222. The Morgan fingerprint density at radius 1 is 0.426 bits per heavy atom.